The highest BCUT2D eigenvalue weighted by molar-refractivity contribution is 5.87. The van der Waals surface area contributed by atoms with Crippen molar-refractivity contribution in [2.75, 3.05) is 12.1 Å². The van der Waals surface area contributed by atoms with Crippen LogP contribution in [0, 0.1) is 0 Å². The molecule has 2 aliphatic heterocycles. The molecule has 2 aromatic heterocycles. The topological polar surface area (TPSA) is 99.9 Å². The summed E-state index contributed by atoms with van der Waals surface area (Å²) in [6.07, 6.45) is 3.46. The third-order valence-electron chi connectivity index (χ3n) is 7.13. The first kappa shape index (κ1) is 21.9. The van der Waals surface area contributed by atoms with E-state index in [9.17, 15) is 5.11 Å². The van der Waals surface area contributed by atoms with Crippen molar-refractivity contribution in [3.63, 3.8) is 0 Å². The van der Waals surface area contributed by atoms with E-state index in [1.807, 2.05) is 43.7 Å². The van der Waals surface area contributed by atoms with E-state index in [1.165, 1.54) is 17.5 Å². The molecule has 6 rings (SSSR count). The Balaban J connectivity index is 1.38. The van der Waals surface area contributed by atoms with Crippen LogP contribution in [0.1, 0.15) is 50.6 Å². The van der Waals surface area contributed by atoms with E-state index in [0.29, 0.717) is 18.1 Å². The van der Waals surface area contributed by atoms with Gasteiger partial charge in [-0.3, -0.25) is 4.84 Å². The van der Waals surface area contributed by atoms with Gasteiger partial charge in [-0.1, -0.05) is 18.2 Å². The van der Waals surface area contributed by atoms with Crippen molar-refractivity contribution in [1.29, 1.82) is 0 Å². The summed E-state index contributed by atoms with van der Waals surface area (Å²) in [6, 6.07) is 8.11. The minimum absolute atomic E-state index is 0.424. The van der Waals surface area contributed by atoms with Crippen LogP contribution >= 0.6 is 0 Å². The van der Waals surface area contributed by atoms with E-state index in [1.54, 1.807) is 6.92 Å². The van der Waals surface area contributed by atoms with E-state index >= 15 is 0 Å². The van der Waals surface area contributed by atoms with Gasteiger partial charge in [-0.25, -0.2) is 15.4 Å². The van der Waals surface area contributed by atoms with Gasteiger partial charge >= 0.3 is 0 Å². The minimum atomic E-state index is -1.27. The average molecular weight is 467 g/mol. The highest BCUT2D eigenvalue weighted by Gasteiger charge is 2.60. The Kier molecular flexibility index (Phi) is 4.98. The van der Waals surface area contributed by atoms with Crippen molar-refractivity contribution >= 4 is 16.9 Å². The lowest BCUT2D eigenvalue weighted by atomic mass is 9.81. The fourth-order valence-corrected chi connectivity index (χ4v) is 5.33. The Bertz CT molecular complexity index is 1240. The van der Waals surface area contributed by atoms with Crippen molar-refractivity contribution in [3.8, 4) is 0 Å². The highest BCUT2D eigenvalue weighted by atomic mass is 16.8. The van der Waals surface area contributed by atoms with Crippen LogP contribution in [-0.4, -0.2) is 50.3 Å². The van der Waals surface area contributed by atoms with Gasteiger partial charge in [-0.05, 0) is 63.3 Å². The smallest absolute Gasteiger partial charge is 0.164 e. The molecule has 180 valence electrons. The van der Waals surface area contributed by atoms with Gasteiger partial charge in [-0.2, -0.15) is 0 Å². The predicted molar refractivity (Wildman–Crippen MR) is 124 cm³/mol. The molecule has 0 radical (unpaired) electrons. The second kappa shape index (κ2) is 7.73. The molecule has 2 fully saturated rings. The number of hydrogen-bond acceptors (Lipinski definition) is 8. The molecule has 1 aliphatic carbocycles. The summed E-state index contributed by atoms with van der Waals surface area (Å²) in [5, 5.41) is 12.6. The Hall–Kier alpha value is -2.56. The van der Waals surface area contributed by atoms with Gasteiger partial charge in [0.2, 0.25) is 0 Å². The van der Waals surface area contributed by atoms with Crippen LogP contribution < -0.4 is 5.48 Å². The summed E-state index contributed by atoms with van der Waals surface area (Å²) in [4.78, 5) is 14.1. The van der Waals surface area contributed by atoms with Crippen LogP contribution in [0.5, 0.6) is 0 Å². The molecular weight excluding hydrogens is 436 g/mol. The minimum Gasteiger partial charge on any atom is -0.383 e. The molecule has 34 heavy (non-hydrogen) atoms. The Morgan fingerprint density at radius 3 is 2.71 bits per heavy atom. The maximum absolute atomic E-state index is 11.8. The summed E-state index contributed by atoms with van der Waals surface area (Å²) in [5.41, 5.74) is 5.73. The Morgan fingerprint density at radius 2 is 1.97 bits per heavy atom. The lowest BCUT2D eigenvalue weighted by molar-refractivity contribution is -0.221. The molecule has 2 saturated heterocycles. The second-order valence-electron chi connectivity index (χ2n) is 9.86. The maximum Gasteiger partial charge on any atom is 0.164 e. The van der Waals surface area contributed by atoms with Crippen LogP contribution in [0.2, 0.25) is 0 Å². The molecule has 2 N–H and O–H groups in total. The first-order chi connectivity index (χ1) is 16.3. The first-order valence-electron chi connectivity index (χ1n) is 11.8. The zero-order chi connectivity index (χ0) is 23.7. The van der Waals surface area contributed by atoms with Gasteiger partial charge in [0, 0.05) is 6.20 Å². The zero-order valence-corrected chi connectivity index (χ0v) is 19.8. The predicted octanol–water partition coefficient (Wildman–Crippen LogP) is 3.22. The SMILES string of the molecule is CCONc1ncnc2c1ccn2[C@@H]1O[C@H]([C@](C)(O)c2ccc3c(c2)CC3)[C@H]2OC(C)(C)O[C@H]21. The van der Waals surface area contributed by atoms with Crippen LogP contribution in [0.15, 0.2) is 36.8 Å². The average Bonchev–Trinajstić information content (AvgIpc) is 3.43. The van der Waals surface area contributed by atoms with Gasteiger partial charge in [0.15, 0.2) is 17.8 Å². The molecular formula is C25H30N4O5. The lowest BCUT2D eigenvalue weighted by Gasteiger charge is -2.35. The van der Waals surface area contributed by atoms with Gasteiger partial charge in [0.1, 0.15) is 35.9 Å². The number of nitrogens with one attached hydrogen (secondary N) is 1. The molecule has 1 aromatic carbocycles. The normalized spacial score (nSPS) is 28.9. The number of anilines is 1. The molecule has 0 unspecified atom stereocenters. The Morgan fingerprint density at radius 1 is 1.18 bits per heavy atom. The number of nitrogens with zero attached hydrogens (tertiary/aromatic N) is 3. The van der Waals surface area contributed by atoms with Crippen LogP contribution in [0.25, 0.3) is 11.0 Å². The molecule has 0 saturated carbocycles. The Labute approximate surface area is 198 Å². The van der Waals surface area contributed by atoms with Crippen LogP contribution in [0.3, 0.4) is 0 Å². The quantitative estimate of drug-likeness (QED) is 0.534. The standard InChI is InChI=1S/C25H30N4O5/c1-5-31-28-21-17-10-11-29(22(17)27-13-26-21)23-19-18(33-24(2,3)34-19)20(32-23)25(4,30)16-9-8-14-6-7-15(14)12-16/h8-13,18-20,23,30H,5-7H2,1-4H3,(H,26,27,28)/t18-,19+,20-,23+,25+/m0/s1. The number of aliphatic hydroxyl groups is 1. The van der Waals surface area contributed by atoms with E-state index in [2.05, 4.69) is 27.6 Å². The van der Waals surface area contributed by atoms with Gasteiger partial charge in [0.25, 0.3) is 0 Å². The van der Waals surface area contributed by atoms with Crippen LogP contribution in [0.4, 0.5) is 5.82 Å². The number of aryl methyl sites for hydroxylation is 2. The van der Waals surface area contributed by atoms with Crippen molar-refractivity contribution in [2.45, 2.75) is 76.5 Å². The summed E-state index contributed by atoms with van der Waals surface area (Å²) in [7, 11) is 0. The molecule has 4 heterocycles. The largest absolute Gasteiger partial charge is 0.383 e. The number of fused-ring (bicyclic) bond motifs is 3. The lowest BCUT2D eigenvalue weighted by Crippen LogP contribution is -2.45. The number of hydrogen-bond donors (Lipinski definition) is 2. The van der Waals surface area contributed by atoms with Crippen molar-refractivity contribution in [3.05, 3.63) is 53.5 Å². The first-order valence-corrected chi connectivity index (χ1v) is 11.8. The van der Waals surface area contributed by atoms with Crippen molar-refractivity contribution < 1.29 is 24.2 Å². The fourth-order valence-electron chi connectivity index (χ4n) is 5.33. The van der Waals surface area contributed by atoms with Gasteiger partial charge in [-0.15, -0.1) is 0 Å². The molecule has 3 aromatic rings. The summed E-state index contributed by atoms with van der Waals surface area (Å²) < 4.78 is 21.1. The third kappa shape index (κ3) is 3.34. The monoisotopic (exact) mass is 466 g/mol. The summed E-state index contributed by atoms with van der Waals surface area (Å²) in [6.45, 7) is 7.97. The molecule has 9 nitrogen and oxygen atoms in total. The van der Waals surface area contributed by atoms with Crippen LogP contribution in [-0.2, 0) is 37.5 Å². The van der Waals surface area contributed by atoms with E-state index in [-0.39, 0.29) is 0 Å². The van der Waals surface area contributed by atoms with Crippen molar-refractivity contribution in [1.82, 2.24) is 14.5 Å². The van der Waals surface area contributed by atoms with Crippen molar-refractivity contribution in [2.24, 2.45) is 0 Å². The number of rotatable bonds is 6. The highest BCUT2D eigenvalue weighted by Crippen LogP contribution is 2.49. The number of benzene rings is 1. The molecule has 0 amide bonds. The van der Waals surface area contributed by atoms with Gasteiger partial charge in [0.05, 0.1) is 12.0 Å². The molecule has 0 bridgehead atoms. The summed E-state index contributed by atoms with van der Waals surface area (Å²) >= 11 is 0. The van der Waals surface area contributed by atoms with E-state index < -0.39 is 35.9 Å². The van der Waals surface area contributed by atoms with E-state index in [0.717, 1.165) is 23.8 Å². The maximum atomic E-state index is 11.8. The number of ether oxygens (including phenoxy) is 3. The molecule has 9 heteroatoms. The van der Waals surface area contributed by atoms with E-state index in [4.69, 9.17) is 19.0 Å². The molecule has 5 atom stereocenters. The molecule has 3 aliphatic rings. The molecule has 0 spiro atoms. The second-order valence-corrected chi connectivity index (χ2v) is 9.86. The third-order valence-corrected chi connectivity index (χ3v) is 7.13. The fraction of sp³-hybridized carbons (Fsp3) is 0.520. The van der Waals surface area contributed by atoms with Gasteiger partial charge < -0.3 is 23.9 Å². The zero-order valence-electron chi connectivity index (χ0n) is 19.8. The summed E-state index contributed by atoms with van der Waals surface area (Å²) in [5.74, 6) is -0.221. The number of aromatic nitrogens is 3.